The first-order valence-corrected chi connectivity index (χ1v) is 14.5. The van der Waals surface area contributed by atoms with Crippen molar-refractivity contribution in [2.75, 3.05) is 10.6 Å². The van der Waals surface area contributed by atoms with E-state index in [1.165, 1.54) is 49.3 Å². The Balaban J connectivity index is 1.18. The van der Waals surface area contributed by atoms with E-state index in [0.717, 1.165) is 18.2 Å². The number of carbonyl (C=O) groups excluding carboxylic acids is 2. The number of carboxylic acid groups (broad SMARTS) is 2. The Morgan fingerprint density at radius 3 is 1.52 bits per heavy atom. The maximum absolute atomic E-state index is 15.3. The summed E-state index contributed by atoms with van der Waals surface area (Å²) in [5, 5.41) is 39.7. The molecule has 0 fully saturated rings. The lowest BCUT2D eigenvalue weighted by Crippen LogP contribution is -2.18. The van der Waals surface area contributed by atoms with E-state index in [0.29, 0.717) is 17.7 Å². The minimum absolute atomic E-state index is 0.0989. The van der Waals surface area contributed by atoms with Gasteiger partial charge < -0.3 is 20.8 Å². The molecule has 2 amide bonds. The summed E-state index contributed by atoms with van der Waals surface area (Å²) in [4.78, 5) is 57.4. The zero-order valence-corrected chi connectivity index (χ0v) is 25.4. The average molecular weight is 681 g/mol. The van der Waals surface area contributed by atoms with Gasteiger partial charge in [0, 0.05) is 24.8 Å². The molecule has 0 radical (unpaired) electrons. The quantitative estimate of drug-likeness (QED) is 0.154. The molecule has 250 valence electrons. The number of aromatic nitrogens is 8. The Morgan fingerprint density at radius 2 is 1.08 bits per heavy atom. The molecule has 0 aliphatic heterocycles. The Hall–Kier alpha value is -7.24. The van der Waals surface area contributed by atoms with Gasteiger partial charge in [-0.3, -0.25) is 18.7 Å². The van der Waals surface area contributed by atoms with E-state index in [1.54, 1.807) is 21.5 Å². The lowest BCUT2D eigenvalue weighted by molar-refractivity contribution is 0.0686. The van der Waals surface area contributed by atoms with Crippen molar-refractivity contribution in [3.8, 4) is 11.6 Å². The van der Waals surface area contributed by atoms with Crippen LogP contribution in [0.25, 0.3) is 11.6 Å². The maximum atomic E-state index is 15.3. The first kappa shape index (κ1) is 32.7. The van der Waals surface area contributed by atoms with Gasteiger partial charge in [-0.05, 0) is 72.5 Å². The van der Waals surface area contributed by atoms with Gasteiger partial charge in [-0.2, -0.15) is 0 Å². The van der Waals surface area contributed by atoms with Crippen LogP contribution in [-0.4, -0.2) is 73.5 Å². The predicted octanol–water partition coefficient (Wildman–Crippen LogP) is 3.60. The lowest BCUT2D eigenvalue weighted by Gasteiger charge is -2.14. The van der Waals surface area contributed by atoms with E-state index in [-0.39, 0.29) is 46.7 Å². The Labute approximate surface area is 279 Å². The highest BCUT2D eigenvalue weighted by Crippen LogP contribution is 2.26. The number of aromatic carboxylic acids is 2. The highest BCUT2D eigenvalue weighted by atomic mass is 19.1. The number of aryl methyl sites for hydroxylation is 2. The summed E-state index contributed by atoms with van der Waals surface area (Å²) < 4.78 is 33.4. The van der Waals surface area contributed by atoms with E-state index in [2.05, 4.69) is 41.0 Å². The van der Waals surface area contributed by atoms with Crippen molar-refractivity contribution >= 4 is 35.1 Å². The molecule has 0 aliphatic carbocycles. The second-order valence-corrected chi connectivity index (χ2v) is 10.5. The number of hydrogen-bond donors (Lipinski definition) is 4. The highest BCUT2D eigenvalue weighted by Gasteiger charge is 2.22. The van der Waals surface area contributed by atoms with Gasteiger partial charge in [-0.15, -0.1) is 20.4 Å². The second-order valence-electron chi connectivity index (χ2n) is 10.5. The summed E-state index contributed by atoms with van der Waals surface area (Å²) in [6.45, 7) is 0. The molecule has 4 N–H and O–H groups in total. The standard InChI is InChI=1S/C32H22F2N10O6/c33-21-13-20(32(49)50)25(37-29(45)23-3-5-27(41-39-23)43-9-7-35-15-43)12-18(21)2-1-17-11-19(31(47)48)26(14-22(17)34)38-30(46)24-4-6-28(42-40-24)44-10-8-36-16-44/h3-16H,1-2H2,(H,37,45)(H,38,46)(H,47,48)(H,49,50). The molecule has 4 aromatic heterocycles. The zero-order chi connectivity index (χ0) is 35.4. The minimum atomic E-state index is -1.53. The second kappa shape index (κ2) is 13.9. The number of anilines is 2. The fourth-order valence-corrected chi connectivity index (χ4v) is 4.78. The number of nitrogens with one attached hydrogen (secondary N) is 2. The molecule has 0 unspecified atom stereocenters. The van der Waals surface area contributed by atoms with Crippen molar-refractivity contribution in [2.45, 2.75) is 12.8 Å². The van der Waals surface area contributed by atoms with Crippen LogP contribution in [0.4, 0.5) is 20.2 Å². The molecule has 50 heavy (non-hydrogen) atoms. The third kappa shape index (κ3) is 7.03. The summed E-state index contributed by atoms with van der Waals surface area (Å²) in [6.07, 6.45) is 8.77. The van der Waals surface area contributed by atoms with Gasteiger partial charge in [-0.1, -0.05) is 0 Å². The van der Waals surface area contributed by atoms with Crippen molar-refractivity contribution in [2.24, 2.45) is 0 Å². The maximum Gasteiger partial charge on any atom is 0.337 e. The number of rotatable bonds is 11. The van der Waals surface area contributed by atoms with Crippen molar-refractivity contribution in [3.05, 3.63) is 131 Å². The van der Waals surface area contributed by atoms with Crippen LogP contribution < -0.4 is 10.6 Å². The monoisotopic (exact) mass is 680 g/mol. The third-order valence-electron chi connectivity index (χ3n) is 7.30. The molecular weight excluding hydrogens is 658 g/mol. The van der Waals surface area contributed by atoms with Crippen LogP contribution in [-0.2, 0) is 12.8 Å². The van der Waals surface area contributed by atoms with E-state index < -0.39 is 46.5 Å². The number of nitrogens with zero attached hydrogens (tertiary/aromatic N) is 8. The fourth-order valence-electron chi connectivity index (χ4n) is 4.78. The van der Waals surface area contributed by atoms with E-state index in [1.807, 2.05) is 0 Å². The largest absolute Gasteiger partial charge is 0.478 e. The van der Waals surface area contributed by atoms with Crippen LogP contribution in [0.5, 0.6) is 0 Å². The Kier molecular flexibility index (Phi) is 9.06. The van der Waals surface area contributed by atoms with E-state index in [4.69, 9.17) is 0 Å². The third-order valence-corrected chi connectivity index (χ3v) is 7.30. The first-order chi connectivity index (χ1) is 24.1. The summed E-state index contributed by atoms with van der Waals surface area (Å²) in [5.41, 5.74) is -2.18. The molecule has 0 spiro atoms. The molecule has 4 heterocycles. The molecule has 2 aromatic carbocycles. The topological polar surface area (TPSA) is 220 Å². The zero-order valence-electron chi connectivity index (χ0n) is 25.4. The fraction of sp³-hybridized carbons (Fsp3) is 0.0625. The smallest absolute Gasteiger partial charge is 0.337 e. The summed E-state index contributed by atoms with van der Waals surface area (Å²) in [7, 11) is 0. The van der Waals surface area contributed by atoms with Crippen LogP contribution in [0.2, 0.25) is 0 Å². The van der Waals surface area contributed by atoms with Crippen LogP contribution >= 0.6 is 0 Å². The highest BCUT2D eigenvalue weighted by molar-refractivity contribution is 6.07. The van der Waals surface area contributed by atoms with Crippen LogP contribution in [0.3, 0.4) is 0 Å². The molecule has 0 saturated heterocycles. The molecule has 0 bridgehead atoms. The van der Waals surface area contributed by atoms with Gasteiger partial charge in [0.2, 0.25) is 0 Å². The number of hydrogen-bond acceptors (Lipinski definition) is 10. The Bertz CT molecular complexity index is 2230. The number of amides is 2. The van der Waals surface area contributed by atoms with Gasteiger partial charge >= 0.3 is 11.9 Å². The van der Waals surface area contributed by atoms with Crippen molar-refractivity contribution < 1.29 is 38.2 Å². The molecule has 18 heteroatoms. The molecule has 6 aromatic rings. The van der Waals surface area contributed by atoms with Gasteiger partial charge in [0.25, 0.3) is 11.8 Å². The van der Waals surface area contributed by atoms with Crippen molar-refractivity contribution in [1.29, 1.82) is 0 Å². The Morgan fingerprint density at radius 1 is 0.620 bits per heavy atom. The molecule has 16 nitrogen and oxygen atoms in total. The van der Waals surface area contributed by atoms with E-state index >= 15 is 8.78 Å². The molecular formula is C32H22F2N10O6. The van der Waals surface area contributed by atoms with Gasteiger partial charge in [0.05, 0.1) is 22.5 Å². The van der Waals surface area contributed by atoms with Gasteiger partial charge in [-0.25, -0.2) is 28.3 Å². The van der Waals surface area contributed by atoms with Crippen LogP contribution in [0.15, 0.2) is 86.0 Å². The number of benzene rings is 2. The van der Waals surface area contributed by atoms with Gasteiger partial charge in [0.15, 0.2) is 23.0 Å². The molecule has 0 aliphatic rings. The lowest BCUT2D eigenvalue weighted by atomic mass is 9.98. The molecule has 0 saturated carbocycles. The van der Waals surface area contributed by atoms with Crippen LogP contribution in [0, 0.1) is 11.6 Å². The number of halogens is 2. The van der Waals surface area contributed by atoms with Gasteiger partial charge in [0.1, 0.15) is 24.3 Å². The van der Waals surface area contributed by atoms with Crippen molar-refractivity contribution in [3.63, 3.8) is 0 Å². The normalized spacial score (nSPS) is 10.8. The average Bonchev–Trinajstić information content (AvgIpc) is 3.85. The van der Waals surface area contributed by atoms with E-state index in [9.17, 15) is 29.4 Å². The molecule has 6 rings (SSSR count). The van der Waals surface area contributed by atoms with Crippen LogP contribution in [0.1, 0.15) is 52.8 Å². The number of imidazole rings is 2. The first-order valence-electron chi connectivity index (χ1n) is 14.5. The predicted molar refractivity (Wildman–Crippen MR) is 168 cm³/mol. The SMILES string of the molecule is O=C(Nc1cc(CCc2cc(C(=O)O)c(NC(=O)c3ccc(-n4ccnc4)nn3)cc2F)c(F)cc1C(=O)O)c1ccc(-n2ccnc2)nn1. The summed E-state index contributed by atoms with van der Waals surface area (Å²) in [5.74, 6) is -5.80. The number of carbonyl (C=O) groups is 4. The number of carboxylic acids is 2. The van der Waals surface area contributed by atoms with Crippen molar-refractivity contribution in [1.82, 2.24) is 39.5 Å². The summed E-state index contributed by atoms with van der Waals surface area (Å²) in [6, 6.07) is 9.29. The molecule has 0 atom stereocenters. The minimum Gasteiger partial charge on any atom is -0.478 e. The summed E-state index contributed by atoms with van der Waals surface area (Å²) >= 11 is 0.